The molecule has 43 heavy (non-hydrogen) atoms. The van der Waals surface area contributed by atoms with Crippen LogP contribution in [-0.2, 0) is 17.8 Å². The molecule has 218 valence electrons. The number of benzene rings is 4. The molecule has 4 aromatic carbocycles. The summed E-state index contributed by atoms with van der Waals surface area (Å²) >= 11 is 0. The molecule has 0 radical (unpaired) electrons. The maximum atomic E-state index is 14.4. The fourth-order valence-corrected chi connectivity index (χ4v) is 7.05. The van der Waals surface area contributed by atoms with Gasteiger partial charge in [0.25, 0.3) is 5.91 Å². The molecule has 0 bridgehead atoms. The zero-order valence-corrected chi connectivity index (χ0v) is 24.7. The van der Waals surface area contributed by atoms with Crippen LogP contribution in [0.5, 0.6) is 11.5 Å². The monoisotopic (exact) mass is 573 g/mol. The summed E-state index contributed by atoms with van der Waals surface area (Å²) in [4.78, 5) is 30.1. The van der Waals surface area contributed by atoms with Gasteiger partial charge in [-0.2, -0.15) is 0 Å². The van der Waals surface area contributed by atoms with E-state index in [1.54, 1.807) is 0 Å². The number of aromatic nitrogens is 1. The number of aryl methyl sites for hydroxylation is 1. The average molecular weight is 574 g/mol. The van der Waals surface area contributed by atoms with Gasteiger partial charge in [-0.15, -0.1) is 0 Å². The quantitative estimate of drug-likeness (QED) is 0.226. The van der Waals surface area contributed by atoms with Crippen molar-refractivity contribution in [3.63, 3.8) is 0 Å². The Kier molecular flexibility index (Phi) is 6.80. The summed E-state index contributed by atoms with van der Waals surface area (Å²) in [6.07, 6.45) is 0.679. The van der Waals surface area contributed by atoms with Gasteiger partial charge in [0.15, 0.2) is 11.5 Å². The molecule has 7 rings (SSSR count). The molecule has 7 heteroatoms. The number of hydrogen-bond donors (Lipinski definition) is 1. The molecule has 1 N–H and O–H groups in total. The number of nitrogens with one attached hydrogen (secondary N) is 1. The Hall–Kier alpha value is -4.78. The molecule has 2 aliphatic rings. The van der Waals surface area contributed by atoms with E-state index >= 15 is 0 Å². The minimum absolute atomic E-state index is 0.0454. The van der Waals surface area contributed by atoms with Gasteiger partial charge in [-0.1, -0.05) is 36.4 Å². The summed E-state index contributed by atoms with van der Waals surface area (Å²) in [6, 6.07) is 25.5. The molecule has 7 nitrogen and oxygen atoms in total. The number of anilines is 1. The fraction of sp³-hybridized carbons (Fsp3) is 0.278. The lowest BCUT2D eigenvalue weighted by atomic mass is 9.75. The Morgan fingerprint density at radius 3 is 2.35 bits per heavy atom. The lowest BCUT2D eigenvalue weighted by Crippen LogP contribution is -2.49. The molecule has 0 spiro atoms. The molecule has 0 fully saturated rings. The smallest absolute Gasteiger partial charge is 0.254 e. The third-order valence-corrected chi connectivity index (χ3v) is 8.82. The van der Waals surface area contributed by atoms with Crippen LogP contribution < -0.4 is 14.8 Å². The Bertz CT molecular complexity index is 1890. The number of nitrogens with zero attached hydrogens (tertiary/aromatic N) is 2. The zero-order chi connectivity index (χ0) is 29.7. The normalized spacial score (nSPS) is 17.4. The van der Waals surface area contributed by atoms with E-state index in [1.807, 2.05) is 67.3 Å². The van der Waals surface area contributed by atoms with Crippen LogP contribution in [0.2, 0.25) is 0 Å². The molecule has 2 amide bonds. The number of rotatable bonds is 7. The van der Waals surface area contributed by atoms with Crippen molar-refractivity contribution in [2.24, 2.45) is 0 Å². The van der Waals surface area contributed by atoms with E-state index in [-0.39, 0.29) is 11.8 Å². The van der Waals surface area contributed by atoms with Crippen LogP contribution in [0.4, 0.5) is 5.69 Å². The standard InChI is InChI=1S/C36H35N3O4/c1-4-38-29-14-10-9-11-24(29)28-20-23(15-16-30(28)38)37-35(40)33-25-12-7-8-13-26(25)36(41)39-18-17-22-19-31(42-5-2)32(43-6-3)21-27(22)34(33)39/h7-16,19-21,33-34H,4-6,17-18H2,1-3H3,(H,37,40). The van der Waals surface area contributed by atoms with Crippen LogP contribution in [0.15, 0.2) is 78.9 Å². The molecule has 2 aliphatic heterocycles. The van der Waals surface area contributed by atoms with Gasteiger partial charge < -0.3 is 24.3 Å². The van der Waals surface area contributed by atoms with E-state index in [2.05, 4.69) is 47.1 Å². The lowest BCUT2D eigenvalue weighted by Gasteiger charge is -2.45. The maximum Gasteiger partial charge on any atom is 0.254 e. The molecule has 3 heterocycles. The van der Waals surface area contributed by atoms with Crippen molar-refractivity contribution in [2.45, 2.75) is 45.7 Å². The Morgan fingerprint density at radius 2 is 1.56 bits per heavy atom. The van der Waals surface area contributed by atoms with Gasteiger partial charge in [0, 0.05) is 46.1 Å². The fourth-order valence-electron chi connectivity index (χ4n) is 7.05. The highest BCUT2D eigenvalue weighted by atomic mass is 16.5. The highest BCUT2D eigenvalue weighted by molar-refractivity contribution is 6.10. The molecular weight excluding hydrogens is 538 g/mol. The average Bonchev–Trinajstić information content (AvgIpc) is 3.34. The van der Waals surface area contributed by atoms with Crippen LogP contribution in [0.3, 0.4) is 0 Å². The number of hydrogen-bond acceptors (Lipinski definition) is 4. The second-order valence-electron chi connectivity index (χ2n) is 11.1. The number of para-hydroxylation sites is 1. The molecule has 0 saturated carbocycles. The summed E-state index contributed by atoms with van der Waals surface area (Å²) in [5.74, 6) is 0.532. The van der Waals surface area contributed by atoms with Crippen LogP contribution in [0, 0.1) is 0 Å². The van der Waals surface area contributed by atoms with Crippen molar-refractivity contribution in [2.75, 3.05) is 25.1 Å². The molecule has 0 saturated heterocycles. The Balaban J connectivity index is 1.33. The predicted octanol–water partition coefficient (Wildman–Crippen LogP) is 7.09. The van der Waals surface area contributed by atoms with Crippen LogP contribution >= 0.6 is 0 Å². The highest BCUT2D eigenvalue weighted by Crippen LogP contribution is 2.48. The van der Waals surface area contributed by atoms with Crippen LogP contribution in [-0.4, -0.2) is 41.0 Å². The van der Waals surface area contributed by atoms with Crippen molar-refractivity contribution in [3.05, 3.63) is 101 Å². The van der Waals surface area contributed by atoms with Gasteiger partial charge in [0.1, 0.15) is 0 Å². The van der Waals surface area contributed by atoms with Gasteiger partial charge in [0.05, 0.1) is 25.2 Å². The van der Waals surface area contributed by atoms with E-state index < -0.39 is 12.0 Å². The van der Waals surface area contributed by atoms with Crippen molar-refractivity contribution in [1.29, 1.82) is 0 Å². The third kappa shape index (κ3) is 4.33. The van der Waals surface area contributed by atoms with E-state index in [9.17, 15) is 9.59 Å². The summed E-state index contributed by atoms with van der Waals surface area (Å²) in [6.45, 7) is 8.41. The first-order valence-corrected chi connectivity index (χ1v) is 15.2. The van der Waals surface area contributed by atoms with Gasteiger partial charge in [-0.25, -0.2) is 0 Å². The topological polar surface area (TPSA) is 72.8 Å². The second-order valence-corrected chi connectivity index (χ2v) is 11.1. The van der Waals surface area contributed by atoms with Crippen LogP contribution in [0.1, 0.15) is 59.8 Å². The van der Waals surface area contributed by atoms with E-state index in [0.717, 1.165) is 45.2 Å². The number of amides is 2. The van der Waals surface area contributed by atoms with Crippen LogP contribution in [0.25, 0.3) is 21.8 Å². The summed E-state index contributed by atoms with van der Waals surface area (Å²) in [5, 5.41) is 5.50. The molecular formula is C36H35N3O4. The first kappa shape index (κ1) is 27.1. The molecule has 5 aromatic rings. The lowest BCUT2D eigenvalue weighted by molar-refractivity contribution is -0.119. The maximum absolute atomic E-state index is 14.4. The number of carbonyl (C=O) groups is 2. The summed E-state index contributed by atoms with van der Waals surface area (Å²) in [7, 11) is 0. The number of carbonyl (C=O) groups excluding carboxylic acids is 2. The second kappa shape index (κ2) is 10.8. The molecule has 1 aromatic heterocycles. The minimum Gasteiger partial charge on any atom is -0.490 e. The molecule has 0 aliphatic carbocycles. The largest absolute Gasteiger partial charge is 0.490 e. The SMILES string of the molecule is CCOc1cc2c(cc1OCC)C1C(C(=O)Nc3ccc4c(c3)c3ccccc3n4CC)c3ccccc3C(=O)N1CC2. The number of ether oxygens (including phenoxy) is 2. The Labute approximate surface area is 251 Å². The van der Waals surface area contributed by atoms with Gasteiger partial charge >= 0.3 is 0 Å². The first-order chi connectivity index (χ1) is 21.0. The minimum atomic E-state index is -0.604. The van der Waals surface area contributed by atoms with Crippen molar-refractivity contribution < 1.29 is 19.1 Å². The van der Waals surface area contributed by atoms with Gasteiger partial charge in [-0.05, 0) is 86.3 Å². The van der Waals surface area contributed by atoms with Gasteiger partial charge in [0.2, 0.25) is 5.91 Å². The summed E-state index contributed by atoms with van der Waals surface area (Å²) < 4.78 is 14.2. The predicted molar refractivity (Wildman–Crippen MR) is 169 cm³/mol. The molecule has 2 unspecified atom stereocenters. The van der Waals surface area contributed by atoms with Crippen molar-refractivity contribution in [3.8, 4) is 11.5 Å². The van der Waals surface area contributed by atoms with E-state index in [4.69, 9.17) is 9.47 Å². The molecule has 2 atom stereocenters. The zero-order valence-electron chi connectivity index (χ0n) is 24.7. The van der Waals surface area contributed by atoms with Crippen molar-refractivity contribution in [1.82, 2.24) is 9.47 Å². The van der Waals surface area contributed by atoms with E-state index in [1.165, 1.54) is 5.52 Å². The third-order valence-electron chi connectivity index (χ3n) is 8.82. The Morgan fingerprint density at radius 1 is 0.837 bits per heavy atom. The van der Waals surface area contributed by atoms with Gasteiger partial charge in [-0.3, -0.25) is 9.59 Å². The first-order valence-electron chi connectivity index (χ1n) is 15.2. The number of fused-ring (bicyclic) bond motifs is 7. The summed E-state index contributed by atoms with van der Waals surface area (Å²) in [5.41, 5.74) is 6.38. The van der Waals surface area contributed by atoms with E-state index in [0.29, 0.717) is 43.2 Å². The van der Waals surface area contributed by atoms with Crippen molar-refractivity contribution >= 4 is 39.3 Å². The highest BCUT2D eigenvalue weighted by Gasteiger charge is 2.46.